The summed E-state index contributed by atoms with van der Waals surface area (Å²) in [6.07, 6.45) is 2.68. The number of hydrogen-bond acceptors (Lipinski definition) is 0. The topological polar surface area (TPSA) is 8.72 Å². The first-order chi connectivity index (χ1) is 13.1. The first-order valence-corrected chi connectivity index (χ1v) is 10.1. The Morgan fingerprint density at radius 1 is 0.741 bits per heavy atom. The molecule has 0 spiro atoms. The van der Waals surface area contributed by atoms with Crippen LogP contribution in [0.3, 0.4) is 0 Å². The molecule has 0 fully saturated rings. The van der Waals surface area contributed by atoms with Crippen molar-refractivity contribution < 1.29 is 0 Å². The zero-order chi connectivity index (χ0) is 19.3. The molecule has 2 aromatic carbocycles. The molecule has 27 heavy (non-hydrogen) atoms. The highest BCUT2D eigenvalue weighted by Gasteiger charge is 2.59. The Morgan fingerprint density at radius 2 is 1.11 bits per heavy atom. The van der Waals surface area contributed by atoms with E-state index in [1.54, 1.807) is 0 Å². The summed E-state index contributed by atoms with van der Waals surface area (Å²) in [6, 6.07) is 29.1. The molecule has 0 bridgehead atoms. The minimum Gasteiger partial charge on any atom is -0.0793 e. The molecule has 1 heterocycles. The fourth-order valence-corrected chi connectivity index (χ4v) is 4.47. The van der Waals surface area contributed by atoms with Crippen LogP contribution in [0.25, 0.3) is 9.69 Å². The summed E-state index contributed by atoms with van der Waals surface area (Å²) in [4.78, 5) is 9.83. The van der Waals surface area contributed by atoms with Gasteiger partial charge in [-0.05, 0) is 24.0 Å². The van der Waals surface area contributed by atoms with Gasteiger partial charge in [0, 0.05) is 13.8 Å². The Hall–Kier alpha value is -2.58. The molecule has 4 unspecified atom stereocenters. The quantitative estimate of drug-likeness (QED) is 0.587. The average molecular weight is 359 g/mol. The van der Waals surface area contributed by atoms with Crippen LogP contribution in [0.15, 0.2) is 60.7 Å². The van der Waals surface area contributed by atoms with E-state index in [0.29, 0.717) is 0 Å². The van der Waals surface area contributed by atoms with Gasteiger partial charge in [0.25, 0.3) is 24.2 Å². The molecule has 1 aliphatic rings. The number of rotatable bonds is 4. The highest BCUT2D eigenvalue weighted by atomic mass is 14.8. The molecular formula is C25H30N2+2. The van der Waals surface area contributed by atoms with Gasteiger partial charge >= 0.3 is 0 Å². The van der Waals surface area contributed by atoms with Gasteiger partial charge in [0.1, 0.15) is 6.42 Å². The van der Waals surface area contributed by atoms with E-state index in [0.717, 1.165) is 19.3 Å². The van der Waals surface area contributed by atoms with Crippen LogP contribution in [0, 0.1) is 12.1 Å². The lowest BCUT2D eigenvalue weighted by molar-refractivity contribution is 0.331. The Balaban J connectivity index is 2.40. The molecule has 0 saturated carbocycles. The lowest BCUT2D eigenvalue weighted by Gasteiger charge is -2.37. The molecule has 4 atom stereocenters. The van der Waals surface area contributed by atoms with Crippen LogP contribution >= 0.6 is 0 Å². The summed E-state index contributed by atoms with van der Waals surface area (Å²) in [5.41, 5.74) is 1.64. The van der Waals surface area contributed by atoms with Gasteiger partial charge in [-0.15, -0.1) is 0 Å². The molecular weight excluding hydrogens is 328 g/mol. The van der Waals surface area contributed by atoms with Crippen LogP contribution in [0.5, 0.6) is 0 Å². The third-order valence-electron chi connectivity index (χ3n) is 5.96. The SMILES string of the molecule is CCC1(c2ccccc2)C#[N+]C(C)CC(C)[N+]#CC1(CC)c1ccccc1. The molecule has 2 nitrogen and oxygen atoms in total. The average Bonchev–Trinajstić information content (AvgIpc) is 2.77. The molecule has 0 radical (unpaired) electrons. The zero-order valence-corrected chi connectivity index (χ0v) is 16.9. The van der Waals surface area contributed by atoms with Gasteiger partial charge in [0.05, 0.1) is 0 Å². The molecule has 0 aliphatic carbocycles. The first kappa shape index (κ1) is 19.2. The minimum absolute atomic E-state index is 0.198. The van der Waals surface area contributed by atoms with Gasteiger partial charge in [-0.2, -0.15) is 0 Å². The molecule has 0 aromatic heterocycles. The lowest BCUT2D eigenvalue weighted by Crippen LogP contribution is -2.47. The Morgan fingerprint density at radius 3 is 1.44 bits per heavy atom. The summed E-state index contributed by atoms with van der Waals surface area (Å²) in [5, 5.41) is 0. The van der Waals surface area contributed by atoms with Crippen molar-refractivity contribution in [2.45, 2.75) is 69.9 Å². The fourth-order valence-electron chi connectivity index (χ4n) is 4.47. The van der Waals surface area contributed by atoms with Crippen molar-refractivity contribution >= 4 is 0 Å². The van der Waals surface area contributed by atoms with E-state index in [2.05, 4.69) is 100 Å². The Bertz CT molecular complexity index is 806. The molecule has 0 amide bonds. The smallest absolute Gasteiger partial charge is 0.0793 e. The van der Waals surface area contributed by atoms with Gasteiger partial charge in [-0.25, -0.2) is 0 Å². The Labute approximate surface area is 163 Å². The van der Waals surface area contributed by atoms with Crippen LogP contribution in [-0.4, -0.2) is 12.1 Å². The molecule has 138 valence electrons. The minimum atomic E-state index is -0.411. The molecule has 2 aromatic rings. The normalized spacial score (nSPS) is 29.9. The van der Waals surface area contributed by atoms with E-state index in [1.807, 2.05) is 0 Å². The summed E-state index contributed by atoms with van der Waals surface area (Å²) >= 11 is 0. The van der Waals surface area contributed by atoms with Crippen molar-refractivity contribution in [1.29, 1.82) is 0 Å². The summed E-state index contributed by atoms with van der Waals surface area (Å²) in [7, 11) is 0. The van der Waals surface area contributed by atoms with Crippen LogP contribution in [0.1, 0.15) is 58.1 Å². The van der Waals surface area contributed by atoms with Crippen molar-refractivity contribution in [2.75, 3.05) is 0 Å². The second-order valence-corrected chi connectivity index (χ2v) is 7.67. The number of hydrogen-bond donors (Lipinski definition) is 0. The Kier molecular flexibility index (Phi) is 5.67. The monoisotopic (exact) mass is 358 g/mol. The van der Waals surface area contributed by atoms with Crippen molar-refractivity contribution in [1.82, 2.24) is 0 Å². The van der Waals surface area contributed by atoms with E-state index in [4.69, 9.17) is 9.69 Å². The van der Waals surface area contributed by atoms with Gasteiger partial charge in [0.2, 0.25) is 0 Å². The van der Waals surface area contributed by atoms with Crippen LogP contribution in [0.2, 0.25) is 0 Å². The highest BCUT2D eigenvalue weighted by molar-refractivity contribution is 5.51. The number of nitrogens with zero attached hydrogens (tertiary/aromatic N) is 2. The van der Waals surface area contributed by atoms with E-state index in [-0.39, 0.29) is 12.1 Å². The van der Waals surface area contributed by atoms with Crippen LogP contribution in [0.4, 0.5) is 0 Å². The summed E-state index contributed by atoms with van der Waals surface area (Å²) in [6.45, 7) is 8.78. The number of benzene rings is 2. The van der Waals surface area contributed by atoms with E-state index in [9.17, 15) is 0 Å². The predicted molar refractivity (Wildman–Crippen MR) is 115 cm³/mol. The van der Waals surface area contributed by atoms with Crippen LogP contribution < -0.4 is 0 Å². The molecule has 0 N–H and O–H groups in total. The first-order valence-electron chi connectivity index (χ1n) is 10.1. The van der Waals surface area contributed by atoms with Crippen molar-refractivity contribution in [2.24, 2.45) is 0 Å². The van der Waals surface area contributed by atoms with E-state index >= 15 is 0 Å². The van der Waals surface area contributed by atoms with Crippen molar-refractivity contribution in [3.63, 3.8) is 0 Å². The standard InChI is InChI=1S/C25H30N2/c1-5-24(22-13-9-7-10-14-22)18-26-20(3)17-21(4)27-19-25(24,6-2)23-15-11-8-12-16-23/h7-16,20-21H,5-6,17H2,1-4H3/q+2. The zero-order valence-electron chi connectivity index (χ0n) is 16.9. The van der Waals surface area contributed by atoms with Gasteiger partial charge in [0.15, 0.2) is 10.8 Å². The van der Waals surface area contributed by atoms with Crippen LogP contribution in [-0.2, 0) is 10.8 Å². The molecule has 1 aliphatic heterocycles. The third kappa shape index (κ3) is 3.38. The van der Waals surface area contributed by atoms with Gasteiger partial charge < -0.3 is 0 Å². The summed E-state index contributed by atoms with van der Waals surface area (Å²) in [5.74, 6) is 0. The highest BCUT2D eigenvalue weighted by Crippen LogP contribution is 2.49. The second kappa shape index (κ2) is 7.98. The summed E-state index contributed by atoms with van der Waals surface area (Å²) < 4.78 is 0. The molecule has 0 saturated heterocycles. The largest absolute Gasteiger partial charge is 0.287 e. The lowest BCUT2D eigenvalue weighted by atomic mass is 9.56. The molecule has 2 heteroatoms. The maximum absolute atomic E-state index is 4.91. The van der Waals surface area contributed by atoms with Crippen molar-refractivity contribution in [3.8, 4) is 12.1 Å². The second-order valence-electron chi connectivity index (χ2n) is 7.67. The fraction of sp³-hybridized carbons (Fsp3) is 0.440. The van der Waals surface area contributed by atoms with E-state index < -0.39 is 10.8 Å². The maximum Gasteiger partial charge on any atom is 0.287 e. The van der Waals surface area contributed by atoms with Crippen molar-refractivity contribution in [3.05, 3.63) is 81.5 Å². The van der Waals surface area contributed by atoms with E-state index in [1.165, 1.54) is 11.1 Å². The predicted octanol–water partition coefficient (Wildman–Crippen LogP) is 6.53. The third-order valence-corrected chi connectivity index (χ3v) is 5.96. The maximum atomic E-state index is 4.91. The van der Waals surface area contributed by atoms with Gasteiger partial charge in [-0.3, -0.25) is 0 Å². The van der Waals surface area contributed by atoms with Gasteiger partial charge in [-0.1, -0.05) is 84.2 Å². The molecule has 3 rings (SSSR count).